The Labute approximate surface area is 90.3 Å². The quantitative estimate of drug-likeness (QED) is 0.719. The van der Waals surface area contributed by atoms with Crippen molar-refractivity contribution in [3.05, 3.63) is 30.3 Å². The summed E-state index contributed by atoms with van der Waals surface area (Å²) in [6.07, 6.45) is 0. The van der Waals surface area contributed by atoms with Crippen LogP contribution in [0.1, 0.15) is 13.8 Å². The van der Waals surface area contributed by atoms with Gasteiger partial charge in [0, 0.05) is 0 Å². The number of hydrogen-bond donors (Lipinski definition) is 0. The van der Waals surface area contributed by atoms with Crippen LogP contribution in [0, 0.1) is 0 Å². The van der Waals surface area contributed by atoms with Crippen LogP contribution in [-0.4, -0.2) is 24.4 Å². The van der Waals surface area contributed by atoms with Gasteiger partial charge in [0.1, 0.15) is 0 Å². The van der Waals surface area contributed by atoms with Crippen molar-refractivity contribution in [1.29, 1.82) is 0 Å². The van der Waals surface area contributed by atoms with Gasteiger partial charge in [-0.1, -0.05) is 0 Å². The number of hydrogen-bond acceptors (Lipinski definition) is 1. The minimum absolute atomic E-state index is 0.173. The number of halogens is 2. The third kappa shape index (κ3) is 2.35. The Balaban J connectivity index is 3.18. The normalized spacial score (nSPS) is 14.9. The van der Waals surface area contributed by atoms with E-state index in [-0.39, 0.29) is 5.30 Å². The van der Waals surface area contributed by atoms with Crippen LogP contribution >= 0.6 is 7.38 Å². The van der Waals surface area contributed by atoms with Crippen LogP contribution in [0.25, 0.3) is 0 Å². The summed E-state index contributed by atoms with van der Waals surface area (Å²) in [5.41, 5.74) is 0. The summed E-state index contributed by atoms with van der Waals surface area (Å²) in [6.45, 7) is 5.42. The summed E-state index contributed by atoms with van der Waals surface area (Å²) in [4.78, 5) is 0. The van der Waals surface area contributed by atoms with Gasteiger partial charge in [-0.2, -0.15) is 0 Å². The molecule has 0 unspecified atom stereocenters. The molecule has 0 aliphatic rings. The molecule has 0 aliphatic carbocycles. The second kappa shape index (κ2) is 4.15. The van der Waals surface area contributed by atoms with Gasteiger partial charge in [0.2, 0.25) is 0 Å². The van der Waals surface area contributed by atoms with Crippen LogP contribution in [0.2, 0.25) is 0 Å². The maximum absolute atomic E-state index is 14.6. The van der Waals surface area contributed by atoms with E-state index < -0.39 is 7.38 Å². The third-order valence-corrected chi connectivity index (χ3v) is 5.97. The predicted octanol–water partition coefficient (Wildman–Crippen LogP) is 3.52. The Bertz CT molecular complexity index is 314. The summed E-state index contributed by atoms with van der Waals surface area (Å²) in [5.74, 6) is 0. The van der Waals surface area contributed by atoms with Crippen LogP contribution in [0.3, 0.4) is 0 Å². The average molecular weight is 233 g/mol. The van der Waals surface area contributed by atoms with Crippen LogP contribution < -0.4 is 5.30 Å². The Morgan fingerprint density at radius 3 is 1.93 bits per heavy atom. The van der Waals surface area contributed by atoms with Gasteiger partial charge in [0.25, 0.3) is 0 Å². The molecule has 0 heterocycles. The molecule has 0 N–H and O–H groups in total. The van der Waals surface area contributed by atoms with E-state index in [4.69, 9.17) is 0 Å². The van der Waals surface area contributed by atoms with Crippen molar-refractivity contribution in [1.82, 2.24) is 4.67 Å². The van der Waals surface area contributed by atoms with Crippen molar-refractivity contribution >= 4 is 12.7 Å². The van der Waals surface area contributed by atoms with E-state index in [0.29, 0.717) is 13.1 Å². The maximum atomic E-state index is 14.6. The molecule has 0 fully saturated rings. The van der Waals surface area contributed by atoms with Gasteiger partial charge >= 0.3 is 89.7 Å². The molecule has 1 nitrogen and oxygen atoms in total. The van der Waals surface area contributed by atoms with Crippen molar-refractivity contribution in [2.24, 2.45) is 0 Å². The summed E-state index contributed by atoms with van der Waals surface area (Å²) in [6, 6.07) is 8.15. The Morgan fingerprint density at radius 2 is 1.53 bits per heavy atom. The molecule has 1 aromatic carbocycles. The van der Waals surface area contributed by atoms with E-state index in [1.165, 1.54) is 16.8 Å². The second-order valence-electron chi connectivity index (χ2n) is 3.72. The van der Waals surface area contributed by atoms with Gasteiger partial charge < -0.3 is 0 Å². The van der Waals surface area contributed by atoms with Crippen LogP contribution in [-0.2, 0) is 0 Å². The first-order chi connectivity index (χ1) is 6.91. The van der Waals surface area contributed by atoms with Crippen molar-refractivity contribution in [2.45, 2.75) is 13.8 Å². The zero-order valence-corrected chi connectivity index (χ0v) is 10.3. The van der Waals surface area contributed by atoms with Gasteiger partial charge in [-0.25, -0.2) is 0 Å². The molecule has 86 valence electrons. The Morgan fingerprint density at radius 1 is 1.07 bits per heavy atom. The zero-order valence-electron chi connectivity index (χ0n) is 9.45. The van der Waals surface area contributed by atoms with Gasteiger partial charge in [-0.15, -0.1) is 0 Å². The molecule has 0 saturated carbocycles. The molecule has 0 atom stereocenters. The van der Waals surface area contributed by atoms with Crippen molar-refractivity contribution < 1.29 is 8.39 Å². The van der Waals surface area contributed by atoms with Crippen LogP contribution in [0.15, 0.2) is 30.3 Å². The summed E-state index contributed by atoms with van der Waals surface area (Å²) < 4.78 is 30.4. The van der Waals surface area contributed by atoms with E-state index in [0.717, 1.165) is 6.66 Å². The predicted molar refractivity (Wildman–Crippen MR) is 64.1 cm³/mol. The molecule has 0 radical (unpaired) electrons. The topological polar surface area (TPSA) is 3.24 Å². The van der Waals surface area contributed by atoms with E-state index in [9.17, 15) is 8.39 Å². The molecular formula is C11H18F2NP. The van der Waals surface area contributed by atoms with Gasteiger partial charge in [-0.3, -0.25) is 0 Å². The Kier molecular flexibility index (Phi) is 3.47. The van der Waals surface area contributed by atoms with Crippen molar-refractivity contribution in [2.75, 3.05) is 19.8 Å². The van der Waals surface area contributed by atoms with E-state index in [1.54, 1.807) is 32.0 Å². The molecule has 4 heteroatoms. The SMILES string of the molecule is CCN(CC)P(C)(F)(F)c1ccccc1. The monoisotopic (exact) mass is 233 g/mol. The molecule has 0 saturated heterocycles. The van der Waals surface area contributed by atoms with E-state index in [1.807, 2.05) is 0 Å². The van der Waals surface area contributed by atoms with Crippen molar-refractivity contribution in [3.63, 3.8) is 0 Å². The van der Waals surface area contributed by atoms with Gasteiger partial charge in [-0.05, 0) is 0 Å². The standard InChI is InChI=1S/C11H18F2NP/c1-4-14(5-2)15(3,12,13)11-9-7-6-8-10-11/h6-10H,4-5H2,1-3H3. The first-order valence-corrected chi connectivity index (χ1v) is 7.58. The fourth-order valence-corrected chi connectivity index (χ4v) is 4.21. The van der Waals surface area contributed by atoms with Gasteiger partial charge in [0.15, 0.2) is 0 Å². The summed E-state index contributed by atoms with van der Waals surface area (Å²) in [5, 5.41) is 0.173. The Hall–Kier alpha value is -0.530. The first-order valence-electron chi connectivity index (χ1n) is 5.17. The minimum atomic E-state index is -4.85. The molecule has 1 aromatic rings. The first kappa shape index (κ1) is 12.5. The number of nitrogens with zero attached hydrogens (tertiary/aromatic N) is 1. The van der Waals surface area contributed by atoms with Gasteiger partial charge in [0.05, 0.1) is 0 Å². The molecule has 0 aromatic heterocycles. The van der Waals surface area contributed by atoms with Crippen molar-refractivity contribution in [3.8, 4) is 0 Å². The van der Waals surface area contributed by atoms with Crippen LogP contribution in [0.5, 0.6) is 0 Å². The second-order valence-corrected chi connectivity index (χ2v) is 7.29. The molecule has 1 rings (SSSR count). The zero-order chi connectivity index (χ0) is 11.6. The van der Waals surface area contributed by atoms with Crippen LogP contribution in [0.4, 0.5) is 8.39 Å². The molecular weight excluding hydrogens is 215 g/mol. The summed E-state index contributed by atoms with van der Waals surface area (Å²) in [7, 11) is -4.85. The fraction of sp³-hybridized carbons (Fsp3) is 0.455. The van der Waals surface area contributed by atoms with E-state index >= 15 is 0 Å². The molecule has 0 amide bonds. The molecule has 15 heavy (non-hydrogen) atoms. The number of benzene rings is 1. The molecule has 0 aliphatic heterocycles. The molecule has 0 spiro atoms. The summed E-state index contributed by atoms with van der Waals surface area (Å²) >= 11 is 0. The fourth-order valence-electron chi connectivity index (χ4n) is 1.78. The molecule has 0 bridgehead atoms. The van der Waals surface area contributed by atoms with E-state index in [2.05, 4.69) is 0 Å². The third-order valence-electron chi connectivity index (χ3n) is 2.69. The number of rotatable bonds is 4. The average Bonchev–Trinajstić information content (AvgIpc) is 2.19.